The number of nitrogens with zero attached hydrogens (tertiary/aromatic N) is 4. The smallest absolute Gasteiger partial charge is 0.223 e. The molecule has 0 aliphatic heterocycles. The van der Waals surface area contributed by atoms with E-state index in [9.17, 15) is 0 Å². The minimum Gasteiger partial charge on any atom is -0.354 e. The van der Waals surface area contributed by atoms with Crippen LogP contribution in [-0.4, -0.2) is 31.1 Å². The molecule has 0 aliphatic rings. The van der Waals surface area contributed by atoms with Crippen LogP contribution in [0.3, 0.4) is 0 Å². The van der Waals surface area contributed by atoms with Crippen molar-refractivity contribution in [3.05, 3.63) is 60.9 Å². The van der Waals surface area contributed by atoms with Crippen LogP contribution in [-0.2, 0) is 0 Å². The summed E-state index contributed by atoms with van der Waals surface area (Å²) in [5.74, 6) is 0.605. The Morgan fingerprint density at radius 3 is 2.86 bits per heavy atom. The quantitative estimate of drug-likeness (QED) is 0.485. The molecule has 0 saturated carbocycles. The van der Waals surface area contributed by atoms with E-state index in [1.165, 1.54) is 0 Å². The van der Waals surface area contributed by atoms with Crippen molar-refractivity contribution in [2.75, 3.05) is 17.2 Å². The lowest BCUT2D eigenvalue weighted by Crippen LogP contribution is -2.03. The number of thiocarbonyl (C=S) groups is 1. The van der Waals surface area contributed by atoms with E-state index in [-0.39, 0.29) is 0 Å². The van der Waals surface area contributed by atoms with Gasteiger partial charge in [-0.25, -0.2) is 14.5 Å². The van der Waals surface area contributed by atoms with Crippen LogP contribution in [0.25, 0.3) is 28.0 Å². The summed E-state index contributed by atoms with van der Waals surface area (Å²) in [6, 6.07) is 16.0. The predicted molar refractivity (Wildman–Crippen MR) is 118 cm³/mol. The van der Waals surface area contributed by atoms with Gasteiger partial charge in [0.1, 0.15) is 5.69 Å². The summed E-state index contributed by atoms with van der Waals surface area (Å²) in [4.78, 5) is 9.72. The summed E-state index contributed by atoms with van der Waals surface area (Å²) in [7, 11) is 0. The molecule has 7 heteroatoms. The lowest BCUT2D eigenvalue weighted by molar-refractivity contribution is 0.966. The minimum absolute atomic E-state index is 0.605. The Morgan fingerprint density at radius 2 is 2.04 bits per heavy atom. The molecule has 3 aromatic heterocycles. The molecule has 0 radical (unpaired) electrons. The Bertz CT molecular complexity index is 1150. The fourth-order valence-electron chi connectivity index (χ4n) is 3.14. The van der Waals surface area contributed by atoms with Crippen molar-refractivity contribution in [2.45, 2.75) is 13.8 Å². The van der Waals surface area contributed by atoms with Gasteiger partial charge in [-0.15, -0.1) is 0 Å². The number of anilines is 2. The van der Waals surface area contributed by atoms with Gasteiger partial charge in [-0.1, -0.05) is 30.4 Å². The van der Waals surface area contributed by atoms with Crippen molar-refractivity contribution in [3.8, 4) is 22.5 Å². The Kier molecular flexibility index (Phi) is 4.99. The van der Waals surface area contributed by atoms with Gasteiger partial charge in [-0.3, -0.25) is 0 Å². The largest absolute Gasteiger partial charge is 0.354 e. The normalized spacial score (nSPS) is 10.8. The fourth-order valence-corrected chi connectivity index (χ4v) is 3.26. The van der Waals surface area contributed by atoms with Gasteiger partial charge in [-0.05, 0) is 44.2 Å². The van der Waals surface area contributed by atoms with Crippen LogP contribution < -0.4 is 10.6 Å². The third-order valence-corrected chi connectivity index (χ3v) is 4.35. The number of benzene rings is 1. The van der Waals surface area contributed by atoms with Crippen molar-refractivity contribution in [2.24, 2.45) is 0 Å². The first-order valence-corrected chi connectivity index (χ1v) is 9.49. The van der Waals surface area contributed by atoms with Gasteiger partial charge in [-0.2, -0.15) is 5.10 Å². The molecule has 0 spiro atoms. The average Bonchev–Trinajstić information content (AvgIpc) is 3.08. The summed E-state index contributed by atoms with van der Waals surface area (Å²) in [6.07, 6.45) is 3.71. The molecule has 0 fully saturated rings. The molecule has 0 unspecified atom stereocenters. The monoisotopic (exact) mass is 388 g/mol. The molecular weight excluding hydrogens is 368 g/mol. The average molecular weight is 389 g/mol. The SMILES string of the molecule is CCNc1nccc(-c2c(-c3cccc(NC(C)=S)c3)nn3ccccc23)n1. The zero-order chi connectivity index (χ0) is 19.5. The first-order chi connectivity index (χ1) is 13.7. The molecule has 0 amide bonds. The number of hydrogen-bond donors (Lipinski definition) is 2. The molecule has 140 valence electrons. The van der Waals surface area contributed by atoms with Crippen LogP contribution in [0.5, 0.6) is 0 Å². The molecule has 28 heavy (non-hydrogen) atoms. The van der Waals surface area contributed by atoms with Crippen molar-refractivity contribution >= 4 is 34.4 Å². The van der Waals surface area contributed by atoms with E-state index in [1.54, 1.807) is 6.20 Å². The lowest BCUT2D eigenvalue weighted by atomic mass is 10.0. The molecule has 2 N–H and O–H groups in total. The number of fused-ring (bicyclic) bond motifs is 1. The third kappa shape index (κ3) is 3.57. The molecule has 4 aromatic rings. The lowest BCUT2D eigenvalue weighted by Gasteiger charge is -2.08. The Labute approximate surface area is 168 Å². The highest BCUT2D eigenvalue weighted by Crippen LogP contribution is 2.35. The second-order valence-electron chi connectivity index (χ2n) is 6.31. The summed E-state index contributed by atoms with van der Waals surface area (Å²) < 4.78 is 1.88. The van der Waals surface area contributed by atoms with E-state index in [0.29, 0.717) is 5.95 Å². The third-order valence-electron chi connectivity index (χ3n) is 4.24. The molecule has 0 atom stereocenters. The Balaban J connectivity index is 1.92. The van der Waals surface area contributed by atoms with E-state index in [0.717, 1.165) is 45.3 Å². The van der Waals surface area contributed by atoms with Crippen molar-refractivity contribution in [1.29, 1.82) is 0 Å². The zero-order valence-corrected chi connectivity index (χ0v) is 16.5. The van der Waals surface area contributed by atoms with Gasteiger partial charge < -0.3 is 10.6 Å². The first kappa shape index (κ1) is 18.1. The van der Waals surface area contributed by atoms with Gasteiger partial charge in [0.25, 0.3) is 0 Å². The van der Waals surface area contributed by atoms with Crippen molar-refractivity contribution < 1.29 is 0 Å². The number of nitrogens with one attached hydrogen (secondary N) is 2. The number of aromatic nitrogens is 4. The molecule has 0 saturated heterocycles. The van der Waals surface area contributed by atoms with Crippen LogP contribution in [0.1, 0.15) is 13.8 Å². The van der Waals surface area contributed by atoms with Gasteiger partial charge >= 0.3 is 0 Å². The zero-order valence-electron chi connectivity index (χ0n) is 15.7. The van der Waals surface area contributed by atoms with Gasteiger partial charge in [0.05, 0.1) is 21.8 Å². The van der Waals surface area contributed by atoms with Gasteiger partial charge in [0.2, 0.25) is 5.95 Å². The maximum atomic E-state index is 5.18. The Morgan fingerprint density at radius 1 is 1.14 bits per heavy atom. The van der Waals surface area contributed by atoms with Crippen LogP contribution in [0.15, 0.2) is 60.9 Å². The first-order valence-electron chi connectivity index (χ1n) is 9.08. The van der Waals surface area contributed by atoms with Crippen molar-refractivity contribution in [1.82, 2.24) is 19.6 Å². The molecule has 6 nitrogen and oxygen atoms in total. The number of hydrogen-bond acceptors (Lipinski definition) is 5. The van der Waals surface area contributed by atoms with Gasteiger partial charge in [0, 0.05) is 30.2 Å². The van der Waals surface area contributed by atoms with E-state index in [1.807, 2.05) is 73.1 Å². The summed E-state index contributed by atoms with van der Waals surface area (Å²) in [6.45, 7) is 4.64. The van der Waals surface area contributed by atoms with Crippen LogP contribution in [0.2, 0.25) is 0 Å². The fraction of sp³-hybridized carbons (Fsp3) is 0.143. The predicted octanol–water partition coefficient (Wildman–Crippen LogP) is 4.65. The molecule has 0 aliphatic carbocycles. The summed E-state index contributed by atoms with van der Waals surface area (Å²) in [5, 5.41) is 11.2. The number of rotatable bonds is 5. The maximum absolute atomic E-state index is 5.18. The number of pyridine rings is 1. The second-order valence-corrected chi connectivity index (χ2v) is 6.92. The maximum Gasteiger partial charge on any atom is 0.223 e. The molecule has 0 bridgehead atoms. The highest BCUT2D eigenvalue weighted by Gasteiger charge is 2.18. The molecule has 4 rings (SSSR count). The molecular formula is C21H20N6S. The van der Waals surface area contributed by atoms with Crippen LogP contribution in [0.4, 0.5) is 11.6 Å². The van der Waals surface area contributed by atoms with Crippen LogP contribution in [0, 0.1) is 0 Å². The Hall–Kier alpha value is -3.32. The summed E-state index contributed by atoms with van der Waals surface area (Å²) >= 11 is 5.18. The highest BCUT2D eigenvalue weighted by atomic mass is 32.1. The molecule has 1 aromatic carbocycles. The van der Waals surface area contributed by atoms with Crippen LogP contribution >= 0.6 is 12.2 Å². The highest BCUT2D eigenvalue weighted by molar-refractivity contribution is 7.80. The second kappa shape index (κ2) is 7.74. The molecule has 3 heterocycles. The van der Waals surface area contributed by atoms with E-state index < -0.39 is 0 Å². The van der Waals surface area contributed by atoms with E-state index >= 15 is 0 Å². The van der Waals surface area contributed by atoms with Crippen molar-refractivity contribution in [3.63, 3.8) is 0 Å². The topological polar surface area (TPSA) is 67.1 Å². The standard InChI is InChI=1S/C21H20N6S/c1-3-22-21-23-11-10-17(25-21)19-18-9-4-5-12-27(18)26-20(19)15-7-6-8-16(13-15)24-14(2)28/h4-13H,3H2,1-2H3,(H,24,28)(H,22,23,25). The van der Waals surface area contributed by atoms with E-state index in [4.69, 9.17) is 22.3 Å². The van der Waals surface area contributed by atoms with Gasteiger partial charge in [0.15, 0.2) is 0 Å². The van der Waals surface area contributed by atoms with E-state index in [2.05, 4.69) is 15.6 Å². The summed E-state index contributed by atoms with van der Waals surface area (Å²) in [5.41, 5.74) is 5.57. The minimum atomic E-state index is 0.605.